The third-order valence-corrected chi connectivity index (χ3v) is 3.81. The van der Waals surface area contributed by atoms with Crippen molar-refractivity contribution in [1.29, 1.82) is 0 Å². The summed E-state index contributed by atoms with van der Waals surface area (Å²) in [6.07, 6.45) is 2.82. The van der Waals surface area contributed by atoms with Crippen LogP contribution in [0.2, 0.25) is 0 Å². The molecule has 0 spiro atoms. The van der Waals surface area contributed by atoms with Crippen LogP contribution in [-0.4, -0.2) is 16.8 Å². The molecule has 0 saturated carbocycles. The SMILES string of the molecule is CNC(Cc1ccc(F)c(Br)c1)c1cn(C)nc1C. The molecule has 2 rings (SSSR count). The van der Waals surface area contributed by atoms with Gasteiger partial charge in [-0.3, -0.25) is 4.68 Å². The van der Waals surface area contributed by atoms with Gasteiger partial charge in [0.15, 0.2) is 0 Å². The monoisotopic (exact) mass is 325 g/mol. The van der Waals surface area contributed by atoms with Crippen molar-refractivity contribution in [1.82, 2.24) is 15.1 Å². The van der Waals surface area contributed by atoms with Crippen molar-refractivity contribution in [2.24, 2.45) is 7.05 Å². The van der Waals surface area contributed by atoms with E-state index in [1.165, 1.54) is 11.6 Å². The molecule has 1 heterocycles. The van der Waals surface area contributed by atoms with E-state index >= 15 is 0 Å². The molecule has 5 heteroatoms. The number of likely N-dealkylation sites (N-methyl/N-ethyl adjacent to an activating group) is 1. The number of nitrogens with zero attached hydrogens (tertiary/aromatic N) is 2. The highest BCUT2D eigenvalue weighted by Gasteiger charge is 2.15. The van der Waals surface area contributed by atoms with Gasteiger partial charge in [0.25, 0.3) is 0 Å². The van der Waals surface area contributed by atoms with Crippen molar-refractivity contribution in [2.75, 3.05) is 7.05 Å². The Hall–Kier alpha value is -1.20. The third-order valence-electron chi connectivity index (χ3n) is 3.20. The van der Waals surface area contributed by atoms with Crippen LogP contribution >= 0.6 is 15.9 Å². The maximum absolute atomic E-state index is 13.2. The largest absolute Gasteiger partial charge is 0.313 e. The molecule has 1 aromatic carbocycles. The number of hydrogen-bond acceptors (Lipinski definition) is 2. The Labute approximate surface area is 121 Å². The molecule has 1 N–H and O–H groups in total. The average Bonchev–Trinajstić information content (AvgIpc) is 2.70. The van der Waals surface area contributed by atoms with E-state index in [9.17, 15) is 4.39 Å². The first-order chi connectivity index (χ1) is 9.01. The van der Waals surface area contributed by atoms with Gasteiger partial charge in [-0.15, -0.1) is 0 Å². The van der Waals surface area contributed by atoms with Crippen LogP contribution in [0.3, 0.4) is 0 Å². The molecule has 0 radical (unpaired) electrons. The summed E-state index contributed by atoms with van der Waals surface area (Å²) < 4.78 is 15.6. The predicted octanol–water partition coefficient (Wildman–Crippen LogP) is 3.13. The first-order valence-corrected chi connectivity index (χ1v) is 6.92. The number of halogens is 2. The van der Waals surface area contributed by atoms with E-state index in [-0.39, 0.29) is 11.9 Å². The van der Waals surface area contributed by atoms with Gasteiger partial charge in [0, 0.05) is 24.8 Å². The Morgan fingerprint density at radius 2 is 2.21 bits per heavy atom. The number of rotatable bonds is 4. The second-order valence-corrected chi connectivity index (χ2v) is 5.49. The van der Waals surface area contributed by atoms with Gasteiger partial charge >= 0.3 is 0 Å². The molecule has 3 nitrogen and oxygen atoms in total. The fourth-order valence-electron chi connectivity index (χ4n) is 2.23. The standard InChI is InChI=1S/C14H17BrFN3/c1-9-11(8-19(3)18-9)14(17-2)7-10-4-5-13(16)12(15)6-10/h4-6,8,14,17H,7H2,1-3H3. The molecule has 19 heavy (non-hydrogen) atoms. The van der Waals surface area contributed by atoms with Crippen LogP contribution in [0.4, 0.5) is 4.39 Å². The Morgan fingerprint density at radius 1 is 1.47 bits per heavy atom. The van der Waals surface area contributed by atoms with Crippen LogP contribution < -0.4 is 5.32 Å². The summed E-state index contributed by atoms with van der Waals surface area (Å²) in [5.41, 5.74) is 3.27. The van der Waals surface area contributed by atoms with Crippen LogP contribution in [0.1, 0.15) is 22.9 Å². The molecule has 2 aromatic rings. The number of benzene rings is 1. The fraction of sp³-hybridized carbons (Fsp3) is 0.357. The van der Waals surface area contributed by atoms with Crippen molar-refractivity contribution in [2.45, 2.75) is 19.4 Å². The van der Waals surface area contributed by atoms with Crippen molar-refractivity contribution in [3.05, 3.63) is 51.5 Å². The summed E-state index contributed by atoms with van der Waals surface area (Å²) in [5.74, 6) is -0.234. The molecule has 1 unspecified atom stereocenters. The molecular formula is C14H17BrFN3. The van der Waals surface area contributed by atoms with Crippen molar-refractivity contribution >= 4 is 15.9 Å². The highest BCUT2D eigenvalue weighted by atomic mass is 79.9. The molecule has 0 bridgehead atoms. The molecule has 0 amide bonds. The highest BCUT2D eigenvalue weighted by molar-refractivity contribution is 9.10. The zero-order chi connectivity index (χ0) is 14.0. The van der Waals surface area contributed by atoms with E-state index < -0.39 is 0 Å². The van der Waals surface area contributed by atoms with Crippen molar-refractivity contribution < 1.29 is 4.39 Å². The lowest BCUT2D eigenvalue weighted by Gasteiger charge is -2.16. The molecule has 0 aliphatic carbocycles. The fourth-order valence-corrected chi connectivity index (χ4v) is 2.66. The first-order valence-electron chi connectivity index (χ1n) is 6.12. The summed E-state index contributed by atoms with van der Waals surface area (Å²) >= 11 is 3.22. The lowest BCUT2D eigenvalue weighted by molar-refractivity contribution is 0.584. The number of aromatic nitrogens is 2. The van der Waals surface area contributed by atoms with Gasteiger partial charge in [-0.1, -0.05) is 6.07 Å². The lowest BCUT2D eigenvalue weighted by atomic mass is 10.00. The molecular weight excluding hydrogens is 309 g/mol. The van der Waals surface area contributed by atoms with E-state index in [1.54, 1.807) is 0 Å². The highest BCUT2D eigenvalue weighted by Crippen LogP contribution is 2.23. The quantitative estimate of drug-likeness (QED) is 0.935. The number of hydrogen-bond donors (Lipinski definition) is 1. The zero-order valence-electron chi connectivity index (χ0n) is 11.2. The van der Waals surface area contributed by atoms with E-state index in [0.717, 1.165) is 17.7 Å². The number of nitrogens with one attached hydrogen (secondary N) is 1. The topological polar surface area (TPSA) is 29.9 Å². The van der Waals surface area contributed by atoms with E-state index in [4.69, 9.17) is 0 Å². The van der Waals surface area contributed by atoms with Gasteiger partial charge in [0.1, 0.15) is 5.82 Å². The molecule has 0 saturated heterocycles. The second-order valence-electron chi connectivity index (χ2n) is 4.64. The van der Waals surface area contributed by atoms with Gasteiger partial charge in [-0.05, 0) is 54.0 Å². The van der Waals surface area contributed by atoms with Crippen molar-refractivity contribution in [3.8, 4) is 0 Å². The molecule has 1 atom stereocenters. The summed E-state index contributed by atoms with van der Waals surface area (Å²) in [4.78, 5) is 0. The van der Waals surface area contributed by atoms with Gasteiger partial charge in [-0.2, -0.15) is 5.10 Å². The first kappa shape index (κ1) is 14.2. The minimum atomic E-state index is -0.234. The van der Waals surface area contributed by atoms with E-state index in [1.807, 2.05) is 44.0 Å². The maximum Gasteiger partial charge on any atom is 0.137 e. The Morgan fingerprint density at radius 3 is 2.74 bits per heavy atom. The molecule has 0 aliphatic rings. The summed E-state index contributed by atoms with van der Waals surface area (Å²) in [5, 5.41) is 7.65. The smallest absolute Gasteiger partial charge is 0.137 e. The van der Waals surface area contributed by atoms with Gasteiger partial charge in [-0.25, -0.2) is 4.39 Å². The summed E-state index contributed by atoms with van der Waals surface area (Å²) in [6.45, 7) is 2.00. The summed E-state index contributed by atoms with van der Waals surface area (Å²) in [6, 6.07) is 5.30. The molecule has 0 fully saturated rings. The average molecular weight is 326 g/mol. The normalized spacial score (nSPS) is 12.7. The van der Waals surface area contributed by atoms with Gasteiger partial charge < -0.3 is 5.32 Å². The van der Waals surface area contributed by atoms with E-state index in [0.29, 0.717) is 4.47 Å². The maximum atomic E-state index is 13.2. The third kappa shape index (κ3) is 3.22. The number of aryl methyl sites for hydroxylation is 2. The minimum Gasteiger partial charge on any atom is -0.313 e. The second kappa shape index (κ2) is 5.84. The lowest BCUT2D eigenvalue weighted by Crippen LogP contribution is -2.19. The van der Waals surface area contributed by atoms with Crippen LogP contribution in [0, 0.1) is 12.7 Å². The van der Waals surface area contributed by atoms with Crippen LogP contribution in [0.5, 0.6) is 0 Å². The summed E-state index contributed by atoms with van der Waals surface area (Å²) in [7, 11) is 3.84. The van der Waals surface area contributed by atoms with Crippen LogP contribution in [0.15, 0.2) is 28.9 Å². The Kier molecular flexibility index (Phi) is 4.37. The van der Waals surface area contributed by atoms with Crippen molar-refractivity contribution in [3.63, 3.8) is 0 Å². The van der Waals surface area contributed by atoms with Crippen LogP contribution in [0.25, 0.3) is 0 Å². The van der Waals surface area contributed by atoms with Crippen LogP contribution in [-0.2, 0) is 13.5 Å². The minimum absolute atomic E-state index is 0.172. The molecule has 102 valence electrons. The molecule has 0 aliphatic heterocycles. The van der Waals surface area contributed by atoms with Gasteiger partial charge in [0.2, 0.25) is 0 Å². The van der Waals surface area contributed by atoms with E-state index in [2.05, 4.69) is 26.3 Å². The van der Waals surface area contributed by atoms with Gasteiger partial charge in [0.05, 0.1) is 10.2 Å². The molecule has 1 aromatic heterocycles. The Bertz CT molecular complexity index is 580. The predicted molar refractivity (Wildman–Crippen MR) is 77.5 cm³/mol. The zero-order valence-corrected chi connectivity index (χ0v) is 12.8. The Balaban J connectivity index is 2.23.